The number of hydrogen-bond acceptors (Lipinski definition) is 3. The molecule has 0 aliphatic rings. The van der Waals surface area contributed by atoms with Gasteiger partial charge in [0, 0.05) is 23.8 Å². The number of anilines is 1. The van der Waals surface area contributed by atoms with Crippen LogP contribution in [0.15, 0.2) is 22.7 Å². The number of ether oxygens (including phenoxy) is 1. The summed E-state index contributed by atoms with van der Waals surface area (Å²) in [6, 6.07) is 5.10. The molecule has 0 aromatic heterocycles. The second kappa shape index (κ2) is 7.61. The Morgan fingerprint density at radius 1 is 1.56 bits per heavy atom. The van der Waals surface area contributed by atoms with Crippen molar-refractivity contribution in [1.29, 1.82) is 0 Å². The zero-order valence-corrected chi connectivity index (χ0v) is 12.6. The molecule has 4 nitrogen and oxygen atoms in total. The molecule has 1 aromatic carbocycles. The quantitative estimate of drug-likeness (QED) is 0.786. The first kappa shape index (κ1) is 15.3. The van der Waals surface area contributed by atoms with Gasteiger partial charge in [-0.3, -0.25) is 4.79 Å². The largest absolute Gasteiger partial charge is 0.383 e. The lowest BCUT2D eigenvalue weighted by Crippen LogP contribution is -2.39. The van der Waals surface area contributed by atoms with Gasteiger partial charge in [0.15, 0.2) is 0 Å². The Labute approximate surface area is 120 Å². The summed E-state index contributed by atoms with van der Waals surface area (Å²) in [5.74, 6) is -0.0712. The van der Waals surface area contributed by atoms with Gasteiger partial charge in [0.05, 0.1) is 11.6 Å². The molecule has 0 radical (unpaired) electrons. The fourth-order valence-electron chi connectivity index (χ4n) is 1.33. The van der Waals surface area contributed by atoms with E-state index in [-0.39, 0.29) is 11.9 Å². The van der Waals surface area contributed by atoms with Gasteiger partial charge in [0.25, 0.3) is 0 Å². The molecule has 1 amide bonds. The predicted molar refractivity (Wildman–Crippen MR) is 77.1 cm³/mol. The van der Waals surface area contributed by atoms with Crippen molar-refractivity contribution in [3.05, 3.63) is 27.7 Å². The summed E-state index contributed by atoms with van der Waals surface area (Å²) < 4.78 is 5.66. The van der Waals surface area contributed by atoms with E-state index in [4.69, 9.17) is 16.3 Å². The molecule has 6 heteroatoms. The number of methoxy groups -OCH3 is 1. The van der Waals surface area contributed by atoms with Crippen LogP contribution in [-0.4, -0.2) is 32.2 Å². The summed E-state index contributed by atoms with van der Waals surface area (Å²) in [6.45, 7) is 2.81. The highest BCUT2D eigenvalue weighted by atomic mass is 79.9. The van der Waals surface area contributed by atoms with Crippen LogP contribution in [0.4, 0.5) is 5.69 Å². The van der Waals surface area contributed by atoms with Crippen LogP contribution in [0, 0.1) is 0 Å². The molecule has 1 unspecified atom stereocenters. The maximum absolute atomic E-state index is 11.7. The topological polar surface area (TPSA) is 50.4 Å². The number of carbonyl (C=O) groups is 1. The van der Waals surface area contributed by atoms with Crippen LogP contribution in [0.3, 0.4) is 0 Å². The minimum atomic E-state index is -0.324. The fourth-order valence-corrected chi connectivity index (χ4v) is 1.83. The van der Waals surface area contributed by atoms with Crippen LogP contribution in [0.2, 0.25) is 5.02 Å². The summed E-state index contributed by atoms with van der Waals surface area (Å²) in [7, 11) is 1.60. The molecule has 100 valence electrons. The van der Waals surface area contributed by atoms with Crippen molar-refractivity contribution in [1.82, 2.24) is 5.32 Å². The first-order chi connectivity index (χ1) is 8.54. The predicted octanol–water partition coefficient (Wildman–Crippen LogP) is 2.67. The highest BCUT2D eigenvalue weighted by molar-refractivity contribution is 9.10. The summed E-state index contributed by atoms with van der Waals surface area (Å²) in [6.07, 6.45) is 0. The van der Waals surface area contributed by atoms with E-state index < -0.39 is 0 Å². The van der Waals surface area contributed by atoms with E-state index in [1.807, 2.05) is 12.1 Å². The van der Waals surface area contributed by atoms with Gasteiger partial charge in [0.2, 0.25) is 5.91 Å². The van der Waals surface area contributed by atoms with Crippen LogP contribution >= 0.6 is 27.5 Å². The first-order valence-corrected chi connectivity index (χ1v) is 6.70. The zero-order valence-electron chi connectivity index (χ0n) is 10.3. The number of carbonyl (C=O) groups excluding carboxylic acids is 1. The lowest BCUT2D eigenvalue weighted by molar-refractivity contribution is -0.121. The first-order valence-electron chi connectivity index (χ1n) is 5.53. The van der Waals surface area contributed by atoms with Crippen LogP contribution in [0.1, 0.15) is 6.92 Å². The van der Waals surface area contributed by atoms with E-state index in [1.165, 1.54) is 0 Å². The molecule has 0 fully saturated rings. The number of rotatable bonds is 6. The molecule has 0 aliphatic heterocycles. The smallest absolute Gasteiger partial charge is 0.242 e. The maximum Gasteiger partial charge on any atom is 0.242 e. The van der Waals surface area contributed by atoms with E-state index in [0.29, 0.717) is 18.2 Å². The van der Waals surface area contributed by atoms with Crippen LogP contribution < -0.4 is 10.6 Å². The van der Waals surface area contributed by atoms with E-state index >= 15 is 0 Å². The van der Waals surface area contributed by atoms with Crippen molar-refractivity contribution >= 4 is 39.1 Å². The maximum atomic E-state index is 11.7. The number of benzene rings is 1. The summed E-state index contributed by atoms with van der Waals surface area (Å²) in [4.78, 5) is 11.7. The molecular formula is C12H16BrClN2O2. The van der Waals surface area contributed by atoms with Gasteiger partial charge in [-0.15, -0.1) is 0 Å². The molecule has 1 aromatic rings. The monoisotopic (exact) mass is 334 g/mol. The normalized spacial score (nSPS) is 12.0. The second-order valence-electron chi connectivity index (χ2n) is 3.78. The van der Waals surface area contributed by atoms with Gasteiger partial charge in [-0.1, -0.05) is 11.6 Å². The summed E-state index contributed by atoms with van der Waals surface area (Å²) in [5.41, 5.74) is 0.834. The van der Waals surface area contributed by atoms with E-state index in [2.05, 4.69) is 26.6 Å². The Morgan fingerprint density at radius 2 is 2.28 bits per heavy atom. The van der Waals surface area contributed by atoms with E-state index in [0.717, 1.165) is 10.2 Å². The molecule has 0 saturated heterocycles. The number of hydrogen-bond donors (Lipinski definition) is 2. The molecule has 0 spiro atoms. The Bertz CT molecular complexity index is 415. The van der Waals surface area contributed by atoms with Gasteiger partial charge in [-0.25, -0.2) is 0 Å². The highest BCUT2D eigenvalue weighted by Gasteiger charge is 2.12. The molecule has 1 rings (SSSR count). The standard InChI is InChI=1S/C12H16BrClN2O2/c1-8(12(17)15-5-6-18-2)16-9-3-4-11(14)10(13)7-9/h3-4,7-8,16H,5-6H2,1-2H3,(H,15,17). The van der Waals surface area contributed by atoms with Gasteiger partial charge >= 0.3 is 0 Å². The Balaban J connectivity index is 2.50. The number of halogens is 2. The number of nitrogens with one attached hydrogen (secondary N) is 2. The third-order valence-corrected chi connectivity index (χ3v) is 3.52. The van der Waals surface area contributed by atoms with Crippen molar-refractivity contribution in [2.75, 3.05) is 25.6 Å². The Kier molecular flexibility index (Phi) is 6.46. The van der Waals surface area contributed by atoms with Crippen LogP contribution in [0.25, 0.3) is 0 Å². The molecule has 1 atom stereocenters. The van der Waals surface area contributed by atoms with Gasteiger partial charge in [-0.2, -0.15) is 0 Å². The lowest BCUT2D eigenvalue weighted by Gasteiger charge is -2.15. The van der Waals surface area contributed by atoms with E-state index in [9.17, 15) is 4.79 Å². The molecular weight excluding hydrogens is 320 g/mol. The third-order valence-electron chi connectivity index (χ3n) is 2.30. The fraction of sp³-hybridized carbons (Fsp3) is 0.417. The van der Waals surface area contributed by atoms with Crippen molar-refractivity contribution < 1.29 is 9.53 Å². The molecule has 0 saturated carbocycles. The van der Waals surface area contributed by atoms with Gasteiger partial charge in [0.1, 0.15) is 6.04 Å². The van der Waals surface area contributed by atoms with Crippen molar-refractivity contribution in [2.24, 2.45) is 0 Å². The second-order valence-corrected chi connectivity index (χ2v) is 5.04. The molecule has 0 heterocycles. The molecule has 0 bridgehead atoms. The summed E-state index contributed by atoms with van der Waals surface area (Å²) in [5, 5.41) is 6.50. The van der Waals surface area contributed by atoms with Gasteiger partial charge < -0.3 is 15.4 Å². The Morgan fingerprint density at radius 3 is 2.89 bits per heavy atom. The highest BCUT2D eigenvalue weighted by Crippen LogP contribution is 2.25. The number of amides is 1. The summed E-state index contributed by atoms with van der Waals surface area (Å²) >= 11 is 9.23. The molecule has 2 N–H and O–H groups in total. The minimum Gasteiger partial charge on any atom is -0.383 e. The van der Waals surface area contributed by atoms with Crippen molar-refractivity contribution in [3.63, 3.8) is 0 Å². The molecule has 0 aliphatic carbocycles. The van der Waals surface area contributed by atoms with Crippen LogP contribution in [0.5, 0.6) is 0 Å². The average Bonchev–Trinajstić information content (AvgIpc) is 2.34. The van der Waals surface area contributed by atoms with E-state index in [1.54, 1.807) is 20.1 Å². The zero-order chi connectivity index (χ0) is 13.5. The van der Waals surface area contributed by atoms with Crippen molar-refractivity contribution in [2.45, 2.75) is 13.0 Å². The SMILES string of the molecule is COCCNC(=O)C(C)Nc1ccc(Cl)c(Br)c1. The molecule has 18 heavy (non-hydrogen) atoms. The third kappa shape index (κ3) is 4.84. The minimum absolute atomic E-state index is 0.0712. The van der Waals surface area contributed by atoms with Crippen molar-refractivity contribution in [3.8, 4) is 0 Å². The lowest BCUT2D eigenvalue weighted by atomic mass is 10.2. The average molecular weight is 336 g/mol. The van der Waals surface area contributed by atoms with Crippen LogP contribution in [-0.2, 0) is 9.53 Å². The Hall–Kier alpha value is -0.780. The van der Waals surface area contributed by atoms with Gasteiger partial charge in [-0.05, 0) is 41.1 Å².